The molecule has 0 unspecified atom stereocenters. The Morgan fingerprint density at radius 2 is 2.09 bits per heavy atom. The maximum atomic E-state index is 11.8. The number of rotatable bonds is 5. The van der Waals surface area contributed by atoms with Crippen LogP contribution in [0.5, 0.6) is 0 Å². The summed E-state index contributed by atoms with van der Waals surface area (Å²) in [5.74, 6) is -0.0658. The Balaban J connectivity index is 2.07. The van der Waals surface area contributed by atoms with Crippen LogP contribution in [0.1, 0.15) is 28.4 Å². The molecule has 2 aromatic rings. The summed E-state index contributed by atoms with van der Waals surface area (Å²) in [5, 5.41) is 14.9. The third-order valence-electron chi connectivity index (χ3n) is 3.11. The zero-order chi connectivity index (χ0) is 15.9. The molecule has 5 heteroatoms. The van der Waals surface area contributed by atoms with Crippen LogP contribution in [0.25, 0.3) is 0 Å². The molecule has 0 heterocycles. The van der Waals surface area contributed by atoms with Crippen molar-refractivity contribution in [3.63, 3.8) is 0 Å². The second-order valence-corrected chi connectivity index (χ2v) is 5.57. The van der Waals surface area contributed by atoms with Crippen LogP contribution in [0.3, 0.4) is 0 Å². The van der Waals surface area contributed by atoms with E-state index in [0.29, 0.717) is 24.2 Å². The highest BCUT2D eigenvalue weighted by Crippen LogP contribution is 2.24. The van der Waals surface area contributed by atoms with Gasteiger partial charge in [-0.1, -0.05) is 12.1 Å². The Bertz CT molecular complexity index is 722. The predicted molar refractivity (Wildman–Crippen MR) is 90.6 cm³/mol. The molecule has 0 aliphatic heterocycles. The molecule has 1 amide bonds. The molecule has 0 saturated heterocycles. The summed E-state index contributed by atoms with van der Waals surface area (Å²) in [4.78, 5) is 11.8. The predicted octanol–water partition coefficient (Wildman–Crippen LogP) is 3.68. The number of nitrogens with one attached hydrogen (secondary N) is 2. The Kier molecular flexibility index (Phi) is 5.56. The van der Waals surface area contributed by atoms with E-state index >= 15 is 0 Å². The smallest absolute Gasteiger partial charge is 0.251 e. The van der Waals surface area contributed by atoms with Crippen LogP contribution < -0.4 is 10.6 Å². The maximum absolute atomic E-state index is 11.8. The third kappa shape index (κ3) is 4.09. The van der Waals surface area contributed by atoms with Gasteiger partial charge in [-0.05, 0) is 58.7 Å². The lowest BCUT2D eigenvalue weighted by molar-refractivity contribution is 0.0955. The number of nitriles is 1. The van der Waals surface area contributed by atoms with Crippen molar-refractivity contribution < 1.29 is 4.79 Å². The second-order valence-electron chi connectivity index (χ2n) is 4.72. The van der Waals surface area contributed by atoms with E-state index in [2.05, 4.69) is 32.6 Å². The van der Waals surface area contributed by atoms with Gasteiger partial charge in [-0.3, -0.25) is 4.79 Å². The van der Waals surface area contributed by atoms with Crippen molar-refractivity contribution in [2.45, 2.75) is 13.5 Å². The largest absolute Gasteiger partial charge is 0.380 e. The molecule has 2 N–H and O–H groups in total. The van der Waals surface area contributed by atoms with Gasteiger partial charge in [0.05, 0.1) is 11.6 Å². The minimum Gasteiger partial charge on any atom is -0.380 e. The number of amides is 1. The molecule has 112 valence electrons. The molecule has 0 bridgehead atoms. The van der Waals surface area contributed by atoms with Crippen LogP contribution in [0.4, 0.5) is 5.69 Å². The minimum absolute atomic E-state index is 0.0658. The summed E-state index contributed by atoms with van der Waals surface area (Å²) in [7, 11) is 0. The monoisotopic (exact) mass is 357 g/mol. The van der Waals surface area contributed by atoms with Crippen LogP contribution in [0.2, 0.25) is 0 Å². The number of carbonyl (C=O) groups is 1. The zero-order valence-electron chi connectivity index (χ0n) is 12.2. The Morgan fingerprint density at radius 3 is 2.77 bits per heavy atom. The highest BCUT2D eigenvalue weighted by molar-refractivity contribution is 9.10. The van der Waals surface area contributed by atoms with E-state index in [-0.39, 0.29) is 5.91 Å². The molecule has 2 rings (SSSR count). The summed E-state index contributed by atoms with van der Waals surface area (Å²) in [6.45, 7) is 3.10. The van der Waals surface area contributed by atoms with Crippen LogP contribution in [-0.4, -0.2) is 12.5 Å². The minimum atomic E-state index is -0.0658. The number of benzene rings is 2. The first-order valence-electron chi connectivity index (χ1n) is 6.94. The SMILES string of the molecule is CCNC(=O)c1cccc(CNc2ccc(C#N)cc2Br)c1. The molecule has 0 aliphatic rings. The zero-order valence-corrected chi connectivity index (χ0v) is 13.8. The maximum Gasteiger partial charge on any atom is 0.251 e. The molecule has 0 spiro atoms. The number of anilines is 1. The van der Waals surface area contributed by atoms with Crippen LogP contribution >= 0.6 is 15.9 Å². The Hall–Kier alpha value is -2.32. The summed E-state index contributed by atoms with van der Waals surface area (Å²) < 4.78 is 0.839. The molecule has 0 saturated carbocycles. The van der Waals surface area contributed by atoms with Gasteiger partial charge in [-0.2, -0.15) is 5.26 Å². The van der Waals surface area contributed by atoms with E-state index in [1.54, 1.807) is 18.2 Å². The molecular weight excluding hydrogens is 342 g/mol. The van der Waals surface area contributed by atoms with Crippen molar-refractivity contribution in [2.24, 2.45) is 0 Å². The van der Waals surface area contributed by atoms with Gasteiger partial charge in [0.1, 0.15) is 0 Å². The average Bonchev–Trinajstić information content (AvgIpc) is 2.54. The lowest BCUT2D eigenvalue weighted by Gasteiger charge is -2.10. The second kappa shape index (κ2) is 7.62. The fourth-order valence-electron chi connectivity index (χ4n) is 2.01. The highest BCUT2D eigenvalue weighted by atomic mass is 79.9. The highest BCUT2D eigenvalue weighted by Gasteiger charge is 2.05. The van der Waals surface area contributed by atoms with Gasteiger partial charge in [0.2, 0.25) is 0 Å². The Labute approximate surface area is 138 Å². The topological polar surface area (TPSA) is 64.9 Å². The van der Waals surface area contributed by atoms with Crippen molar-refractivity contribution in [3.05, 3.63) is 63.6 Å². The van der Waals surface area contributed by atoms with Crippen molar-refractivity contribution in [1.82, 2.24) is 5.32 Å². The number of hydrogen-bond donors (Lipinski definition) is 2. The van der Waals surface area contributed by atoms with Crippen molar-refractivity contribution in [2.75, 3.05) is 11.9 Å². The molecule has 4 nitrogen and oxygen atoms in total. The van der Waals surface area contributed by atoms with Gasteiger partial charge in [0.25, 0.3) is 5.91 Å². The molecule has 0 aromatic heterocycles. The first-order chi connectivity index (χ1) is 10.6. The van der Waals surface area contributed by atoms with E-state index in [9.17, 15) is 4.79 Å². The van der Waals surface area contributed by atoms with Gasteiger partial charge in [-0.15, -0.1) is 0 Å². The summed E-state index contributed by atoms with van der Waals surface area (Å²) in [5.41, 5.74) is 3.18. The average molecular weight is 358 g/mol. The normalized spacial score (nSPS) is 9.86. The summed E-state index contributed by atoms with van der Waals surface area (Å²) >= 11 is 3.44. The standard InChI is InChI=1S/C17H16BrN3O/c1-2-20-17(22)14-5-3-4-13(8-14)11-21-16-7-6-12(10-19)9-15(16)18/h3-9,21H,2,11H2,1H3,(H,20,22). The summed E-state index contributed by atoms with van der Waals surface area (Å²) in [6.07, 6.45) is 0. The summed E-state index contributed by atoms with van der Waals surface area (Å²) in [6, 6.07) is 15.0. The van der Waals surface area contributed by atoms with E-state index in [1.807, 2.05) is 31.2 Å². The molecule has 0 fully saturated rings. The van der Waals surface area contributed by atoms with E-state index in [0.717, 1.165) is 15.7 Å². The fourth-order valence-corrected chi connectivity index (χ4v) is 2.53. The van der Waals surface area contributed by atoms with E-state index in [4.69, 9.17) is 5.26 Å². The first-order valence-corrected chi connectivity index (χ1v) is 7.74. The molecule has 0 radical (unpaired) electrons. The number of nitrogens with zero attached hydrogens (tertiary/aromatic N) is 1. The first kappa shape index (κ1) is 16.1. The number of halogens is 1. The third-order valence-corrected chi connectivity index (χ3v) is 3.76. The van der Waals surface area contributed by atoms with Crippen molar-refractivity contribution >= 4 is 27.5 Å². The number of carbonyl (C=O) groups excluding carboxylic acids is 1. The van der Waals surface area contributed by atoms with Crippen LogP contribution in [0.15, 0.2) is 46.9 Å². The van der Waals surface area contributed by atoms with Gasteiger partial charge in [0.15, 0.2) is 0 Å². The van der Waals surface area contributed by atoms with Gasteiger partial charge >= 0.3 is 0 Å². The van der Waals surface area contributed by atoms with Gasteiger partial charge in [0, 0.05) is 28.8 Å². The lowest BCUT2D eigenvalue weighted by atomic mass is 10.1. The molecule has 0 atom stereocenters. The van der Waals surface area contributed by atoms with E-state index < -0.39 is 0 Å². The lowest BCUT2D eigenvalue weighted by Crippen LogP contribution is -2.22. The van der Waals surface area contributed by atoms with Gasteiger partial charge < -0.3 is 10.6 Å². The molecule has 2 aromatic carbocycles. The van der Waals surface area contributed by atoms with Crippen molar-refractivity contribution in [3.8, 4) is 6.07 Å². The van der Waals surface area contributed by atoms with Crippen LogP contribution in [-0.2, 0) is 6.54 Å². The van der Waals surface area contributed by atoms with E-state index in [1.165, 1.54) is 0 Å². The van der Waals surface area contributed by atoms with Gasteiger partial charge in [-0.25, -0.2) is 0 Å². The molecular formula is C17H16BrN3O. The molecule has 22 heavy (non-hydrogen) atoms. The fraction of sp³-hybridized carbons (Fsp3) is 0.176. The quantitative estimate of drug-likeness (QED) is 0.857. The van der Waals surface area contributed by atoms with Crippen LogP contribution in [0, 0.1) is 11.3 Å². The number of hydrogen-bond acceptors (Lipinski definition) is 3. The Morgan fingerprint density at radius 1 is 1.27 bits per heavy atom. The van der Waals surface area contributed by atoms with Crippen molar-refractivity contribution in [1.29, 1.82) is 5.26 Å². The molecule has 0 aliphatic carbocycles.